The van der Waals surface area contributed by atoms with E-state index in [-0.39, 0.29) is 12.0 Å². The fraction of sp³-hybridized carbons (Fsp3) is 0.571. The van der Waals surface area contributed by atoms with E-state index in [9.17, 15) is 5.11 Å². The third kappa shape index (κ3) is 4.31. The van der Waals surface area contributed by atoms with Crippen molar-refractivity contribution in [1.82, 2.24) is 14.7 Å². The Hall–Kier alpha value is -1.65. The molecule has 1 fully saturated rings. The van der Waals surface area contributed by atoms with Crippen LogP contribution in [0.4, 0.5) is 0 Å². The summed E-state index contributed by atoms with van der Waals surface area (Å²) in [4.78, 5) is 2.51. The zero-order chi connectivity index (χ0) is 17.7. The summed E-state index contributed by atoms with van der Waals surface area (Å²) < 4.78 is 2.12. The molecule has 4 heteroatoms. The Morgan fingerprint density at radius 3 is 2.52 bits per heavy atom. The van der Waals surface area contributed by atoms with Crippen LogP contribution in [-0.2, 0) is 19.5 Å². The van der Waals surface area contributed by atoms with E-state index < -0.39 is 0 Å². The smallest absolute Gasteiger partial charge is 0.0537 e. The molecule has 0 amide bonds. The zero-order valence-electron chi connectivity index (χ0n) is 15.6. The third-order valence-electron chi connectivity index (χ3n) is 5.71. The van der Waals surface area contributed by atoms with Gasteiger partial charge >= 0.3 is 0 Å². The van der Waals surface area contributed by atoms with Gasteiger partial charge in [0, 0.05) is 31.0 Å². The lowest BCUT2D eigenvalue weighted by molar-refractivity contribution is 0.0413. The van der Waals surface area contributed by atoms with E-state index in [1.165, 1.54) is 16.8 Å². The van der Waals surface area contributed by atoms with Crippen LogP contribution in [0.1, 0.15) is 43.0 Å². The Morgan fingerprint density at radius 1 is 1.16 bits per heavy atom. The van der Waals surface area contributed by atoms with Gasteiger partial charge in [0.15, 0.2) is 0 Å². The first kappa shape index (κ1) is 18.2. The van der Waals surface area contributed by atoms with E-state index in [4.69, 9.17) is 0 Å². The Balaban J connectivity index is 1.59. The van der Waals surface area contributed by atoms with Crippen molar-refractivity contribution < 1.29 is 5.11 Å². The molecule has 2 aromatic rings. The van der Waals surface area contributed by atoms with Gasteiger partial charge in [-0.2, -0.15) is 5.10 Å². The number of aromatic nitrogens is 2. The van der Waals surface area contributed by atoms with Gasteiger partial charge in [0.2, 0.25) is 0 Å². The predicted octanol–water partition coefficient (Wildman–Crippen LogP) is 3.42. The number of piperidine rings is 1. The molecule has 0 saturated carbocycles. The van der Waals surface area contributed by atoms with Gasteiger partial charge in [-0.05, 0) is 56.7 Å². The summed E-state index contributed by atoms with van der Waals surface area (Å²) >= 11 is 0. The Labute approximate surface area is 151 Å². The SMILES string of the molecule is CCCn1ncc(CN2CCC(CO)(Cc3ccccc3)CC2)c1C. The molecule has 1 saturated heterocycles. The van der Waals surface area contributed by atoms with Crippen molar-refractivity contribution in [2.75, 3.05) is 19.7 Å². The van der Waals surface area contributed by atoms with Crippen molar-refractivity contribution in [2.24, 2.45) is 5.41 Å². The Kier molecular flexibility index (Phi) is 5.92. The quantitative estimate of drug-likeness (QED) is 0.839. The lowest BCUT2D eigenvalue weighted by atomic mass is 9.74. The summed E-state index contributed by atoms with van der Waals surface area (Å²) in [6.45, 7) is 8.71. The van der Waals surface area contributed by atoms with E-state index in [1.54, 1.807) is 0 Å². The molecule has 1 N–H and O–H groups in total. The van der Waals surface area contributed by atoms with Crippen LogP contribution in [0.5, 0.6) is 0 Å². The summed E-state index contributed by atoms with van der Waals surface area (Å²) in [7, 11) is 0. The third-order valence-corrected chi connectivity index (χ3v) is 5.71. The van der Waals surface area contributed by atoms with Crippen molar-refractivity contribution in [3.8, 4) is 0 Å². The maximum atomic E-state index is 10.1. The van der Waals surface area contributed by atoms with Crippen LogP contribution in [0.2, 0.25) is 0 Å². The van der Waals surface area contributed by atoms with Crippen LogP contribution < -0.4 is 0 Å². The van der Waals surface area contributed by atoms with Crippen molar-refractivity contribution >= 4 is 0 Å². The second-order valence-electron chi connectivity index (χ2n) is 7.57. The summed E-state index contributed by atoms with van der Waals surface area (Å²) in [5.41, 5.74) is 4.01. The number of aliphatic hydroxyl groups excluding tert-OH is 1. The summed E-state index contributed by atoms with van der Waals surface area (Å²) in [6.07, 6.45) is 6.24. The maximum Gasteiger partial charge on any atom is 0.0537 e. The molecular formula is C21H31N3O. The summed E-state index contributed by atoms with van der Waals surface area (Å²) in [5, 5.41) is 14.6. The Morgan fingerprint density at radius 2 is 1.88 bits per heavy atom. The molecule has 0 bridgehead atoms. The maximum absolute atomic E-state index is 10.1. The van der Waals surface area contributed by atoms with Gasteiger partial charge < -0.3 is 5.11 Å². The van der Waals surface area contributed by atoms with Gasteiger partial charge in [0.1, 0.15) is 0 Å². The lowest BCUT2D eigenvalue weighted by Crippen LogP contribution is -2.42. The molecule has 0 aliphatic carbocycles. The minimum absolute atomic E-state index is 0.0410. The molecule has 1 aromatic heterocycles. The molecule has 0 radical (unpaired) electrons. The van der Waals surface area contributed by atoms with Crippen molar-refractivity contribution in [1.29, 1.82) is 0 Å². The molecule has 136 valence electrons. The van der Waals surface area contributed by atoms with Crippen molar-refractivity contribution in [3.63, 3.8) is 0 Å². The van der Waals surface area contributed by atoms with Crippen LogP contribution in [0.3, 0.4) is 0 Å². The molecule has 1 aromatic carbocycles. The first-order chi connectivity index (χ1) is 12.2. The van der Waals surface area contributed by atoms with Gasteiger partial charge in [-0.3, -0.25) is 9.58 Å². The van der Waals surface area contributed by atoms with Crippen molar-refractivity contribution in [2.45, 2.75) is 52.6 Å². The van der Waals surface area contributed by atoms with Gasteiger partial charge in [-0.1, -0.05) is 37.3 Å². The predicted molar refractivity (Wildman–Crippen MR) is 101 cm³/mol. The molecule has 1 aliphatic rings. The number of nitrogens with zero attached hydrogens (tertiary/aromatic N) is 3. The molecule has 0 unspecified atom stereocenters. The van der Waals surface area contributed by atoms with Crippen LogP contribution in [0.15, 0.2) is 36.5 Å². The minimum Gasteiger partial charge on any atom is -0.396 e. The number of likely N-dealkylation sites (tertiary alicyclic amines) is 1. The van der Waals surface area contributed by atoms with Gasteiger partial charge in [-0.15, -0.1) is 0 Å². The van der Waals surface area contributed by atoms with E-state index in [0.29, 0.717) is 0 Å². The summed E-state index contributed by atoms with van der Waals surface area (Å²) in [6, 6.07) is 10.6. The van der Waals surface area contributed by atoms with E-state index >= 15 is 0 Å². The standard InChI is InChI=1S/C21H31N3O/c1-3-11-24-18(2)20(15-22-24)16-23-12-9-21(17-25,10-13-23)14-19-7-5-4-6-8-19/h4-8,15,25H,3,9-14,16-17H2,1-2H3. The van der Waals surface area contributed by atoms with Gasteiger partial charge in [0.05, 0.1) is 6.20 Å². The van der Waals surface area contributed by atoms with Gasteiger partial charge in [0.25, 0.3) is 0 Å². The van der Waals surface area contributed by atoms with E-state index in [2.05, 4.69) is 58.9 Å². The average Bonchev–Trinajstić information content (AvgIpc) is 2.98. The minimum atomic E-state index is 0.0410. The second kappa shape index (κ2) is 8.15. The van der Waals surface area contributed by atoms with Crippen LogP contribution in [-0.4, -0.2) is 39.5 Å². The lowest BCUT2D eigenvalue weighted by Gasteiger charge is -2.41. The van der Waals surface area contributed by atoms with E-state index in [0.717, 1.165) is 51.9 Å². The molecule has 2 heterocycles. The molecule has 0 atom stereocenters. The number of hydrogen-bond acceptors (Lipinski definition) is 3. The largest absolute Gasteiger partial charge is 0.396 e. The highest BCUT2D eigenvalue weighted by Gasteiger charge is 2.34. The number of aliphatic hydroxyl groups is 1. The molecular weight excluding hydrogens is 310 g/mol. The fourth-order valence-corrected chi connectivity index (χ4v) is 3.92. The van der Waals surface area contributed by atoms with E-state index in [1.807, 2.05) is 6.20 Å². The monoisotopic (exact) mass is 341 g/mol. The van der Waals surface area contributed by atoms with Crippen LogP contribution >= 0.6 is 0 Å². The number of hydrogen-bond donors (Lipinski definition) is 1. The van der Waals surface area contributed by atoms with Gasteiger partial charge in [-0.25, -0.2) is 0 Å². The number of rotatable bonds is 7. The fourth-order valence-electron chi connectivity index (χ4n) is 3.92. The highest BCUT2D eigenvalue weighted by molar-refractivity contribution is 5.18. The van der Waals surface area contributed by atoms with Crippen LogP contribution in [0.25, 0.3) is 0 Å². The highest BCUT2D eigenvalue weighted by Crippen LogP contribution is 2.35. The topological polar surface area (TPSA) is 41.3 Å². The highest BCUT2D eigenvalue weighted by atomic mass is 16.3. The molecule has 1 aliphatic heterocycles. The molecule has 25 heavy (non-hydrogen) atoms. The Bertz CT molecular complexity index is 657. The second-order valence-corrected chi connectivity index (χ2v) is 7.57. The van der Waals surface area contributed by atoms with Crippen LogP contribution in [0, 0.1) is 12.3 Å². The first-order valence-corrected chi connectivity index (χ1v) is 9.54. The summed E-state index contributed by atoms with van der Waals surface area (Å²) in [5.74, 6) is 0. The zero-order valence-corrected chi connectivity index (χ0v) is 15.6. The first-order valence-electron chi connectivity index (χ1n) is 9.54. The normalized spacial score (nSPS) is 17.7. The average molecular weight is 341 g/mol. The molecule has 3 rings (SSSR count). The molecule has 0 spiro atoms. The number of benzene rings is 1. The molecule has 4 nitrogen and oxygen atoms in total. The van der Waals surface area contributed by atoms with Crippen molar-refractivity contribution in [3.05, 3.63) is 53.3 Å². The number of aryl methyl sites for hydroxylation is 1.